The zero-order chi connectivity index (χ0) is 22.9. The lowest BCUT2D eigenvalue weighted by Crippen LogP contribution is -2.35. The van der Waals surface area contributed by atoms with Gasteiger partial charge in [-0.05, 0) is 76.0 Å². The summed E-state index contributed by atoms with van der Waals surface area (Å²) in [5.41, 5.74) is 3.90. The number of rotatable bonds is 6. The van der Waals surface area contributed by atoms with E-state index >= 15 is 0 Å². The Balaban J connectivity index is 1.60. The van der Waals surface area contributed by atoms with Crippen LogP contribution in [0.4, 0.5) is 11.6 Å². The van der Waals surface area contributed by atoms with Crippen molar-refractivity contribution in [1.82, 2.24) is 25.5 Å². The quantitative estimate of drug-likeness (QED) is 0.590. The fraction of sp³-hybridized carbons (Fsp3) is 0.435. The van der Waals surface area contributed by atoms with Crippen molar-refractivity contribution in [1.29, 1.82) is 0 Å². The molecule has 1 saturated heterocycles. The van der Waals surface area contributed by atoms with Gasteiger partial charge in [0, 0.05) is 30.9 Å². The van der Waals surface area contributed by atoms with Crippen molar-refractivity contribution in [3.63, 3.8) is 0 Å². The van der Waals surface area contributed by atoms with Gasteiger partial charge in [0.05, 0.1) is 10.1 Å². The fourth-order valence-corrected chi connectivity index (χ4v) is 6.05. The molecule has 3 heterocycles. The molecule has 0 amide bonds. The van der Waals surface area contributed by atoms with Gasteiger partial charge in [-0.3, -0.25) is 5.10 Å². The molecule has 0 radical (unpaired) electrons. The maximum Gasteiger partial charge on any atom is 0.181 e. The van der Waals surface area contributed by atoms with Crippen molar-refractivity contribution in [2.45, 2.75) is 50.2 Å². The van der Waals surface area contributed by atoms with E-state index in [1.807, 2.05) is 44.9 Å². The van der Waals surface area contributed by atoms with Crippen molar-refractivity contribution in [2.24, 2.45) is 0 Å². The van der Waals surface area contributed by atoms with Gasteiger partial charge in [-0.25, -0.2) is 18.4 Å². The molecule has 1 aliphatic rings. The van der Waals surface area contributed by atoms with Crippen molar-refractivity contribution >= 4 is 21.5 Å². The first kappa shape index (κ1) is 22.4. The Hall–Kier alpha value is -2.78. The van der Waals surface area contributed by atoms with Crippen LogP contribution in [-0.2, 0) is 16.3 Å². The number of nitrogens with zero attached hydrogens (tertiary/aromatic N) is 4. The normalized spacial score (nSPS) is 15.1. The van der Waals surface area contributed by atoms with Crippen molar-refractivity contribution in [3.8, 4) is 0 Å². The standard InChI is InChI=1S/C23H30N6O2S/c1-15-11-18(13-20(12-15)32(30,31)19-5-8-24-9-6-19)14-21-25-10-7-22(26-21)29(4)23-16(2)17(3)27-28-23/h7,10-13,19,24H,5-6,8-9,14H2,1-4H3,(H,27,28). The Morgan fingerprint density at radius 3 is 2.56 bits per heavy atom. The van der Waals surface area contributed by atoms with E-state index in [9.17, 15) is 8.42 Å². The summed E-state index contributed by atoms with van der Waals surface area (Å²) in [6.45, 7) is 7.41. The Morgan fingerprint density at radius 2 is 1.88 bits per heavy atom. The Labute approximate surface area is 189 Å². The summed E-state index contributed by atoms with van der Waals surface area (Å²) < 4.78 is 26.4. The van der Waals surface area contributed by atoms with Crippen molar-refractivity contribution < 1.29 is 8.42 Å². The third-order valence-electron chi connectivity index (χ3n) is 6.11. The topological polar surface area (TPSA) is 104 Å². The third-order valence-corrected chi connectivity index (χ3v) is 8.35. The predicted octanol–water partition coefficient (Wildman–Crippen LogP) is 3.01. The molecule has 2 N–H and O–H groups in total. The van der Waals surface area contributed by atoms with E-state index in [-0.39, 0.29) is 5.25 Å². The molecule has 1 fully saturated rings. The maximum absolute atomic E-state index is 13.2. The molecular weight excluding hydrogens is 424 g/mol. The van der Waals surface area contributed by atoms with Crippen molar-refractivity contribution in [2.75, 3.05) is 25.0 Å². The second-order valence-corrected chi connectivity index (χ2v) is 10.7. The summed E-state index contributed by atoms with van der Waals surface area (Å²) >= 11 is 0. The van der Waals surface area contributed by atoms with E-state index < -0.39 is 9.84 Å². The molecule has 170 valence electrons. The molecule has 0 atom stereocenters. The number of aryl methyl sites for hydroxylation is 2. The largest absolute Gasteiger partial charge is 0.317 e. The molecule has 0 bridgehead atoms. The van der Waals surface area contributed by atoms with Gasteiger partial charge in [0.2, 0.25) is 0 Å². The Bertz CT molecular complexity index is 1210. The molecule has 0 saturated carbocycles. The van der Waals surface area contributed by atoms with Gasteiger partial charge in [0.1, 0.15) is 11.6 Å². The number of piperidine rings is 1. The number of hydrogen-bond donors (Lipinski definition) is 2. The second kappa shape index (κ2) is 8.99. The monoisotopic (exact) mass is 454 g/mol. The number of benzene rings is 1. The lowest BCUT2D eigenvalue weighted by molar-refractivity contribution is 0.496. The van der Waals surface area contributed by atoms with Crippen LogP contribution in [0.3, 0.4) is 0 Å². The van der Waals surface area contributed by atoms with Crippen LogP contribution in [-0.4, -0.2) is 54.0 Å². The number of anilines is 2. The van der Waals surface area contributed by atoms with Crippen LogP contribution < -0.4 is 10.2 Å². The first-order valence-electron chi connectivity index (χ1n) is 10.9. The number of sulfone groups is 1. The van der Waals surface area contributed by atoms with E-state index in [4.69, 9.17) is 4.98 Å². The Morgan fingerprint density at radius 1 is 1.12 bits per heavy atom. The molecule has 8 nitrogen and oxygen atoms in total. The number of aromatic amines is 1. The van der Waals surface area contributed by atoms with E-state index in [1.165, 1.54) is 0 Å². The minimum Gasteiger partial charge on any atom is -0.317 e. The lowest BCUT2D eigenvalue weighted by atomic mass is 10.1. The van der Waals surface area contributed by atoms with E-state index in [0.29, 0.717) is 30.0 Å². The zero-order valence-corrected chi connectivity index (χ0v) is 19.8. The van der Waals surface area contributed by atoms with Crippen LogP contribution in [0, 0.1) is 20.8 Å². The smallest absolute Gasteiger partial charge is 0.181 e. The number of aromatic nitrogens is 4. The second-order valence-electron chi connectivity index (χ2n) is 8.51. The van der Waals surface area contributed by atoms with Crippen LogP contribution in [0.2, 0.25) is 0 Å². The average Bonchev–Trinajstić information content (AvgIpc) is 3.12. The first-order chi connectivity index (χ1) is 15.3. The summed E-state index contributed by atoms with van der Waals surface area (Å²) in [5.74, 6) is 2.19. The molecule has 9 heteroatoms. The van der Waals surface area contributed by atoms with Crippen LogP contribution in [0.1, 0.15) is 41.1 Å². The molecule has 0 spiro atoms. The highest BCUT2D eigenvalue weighted by atomic mass is 32.2. The van der Waals surface area contributed by atoms with Crippen LogP contribution in [0.5, 0.6) is 0 Å². The molecule has 2 aromatic heterocycles. The summed E-state index contributed by atoms with van der Waals surface area (Å²) in [7, 11) is -1.44. The highest BCUT2D eigenvalue weighted by Crippen LogP contribution is 2.27. The summed E-state index contributed by atoms with van der Waals surface area (Å²) in [6, 6.07) is 7.40. The minimum absolute atomic E-state index is 0.327. The molecule has 3 aromatic rings. The highest BCUT2D eigenvalue weighted by Gasteiger charge is 2.29. The number of hydrogen-bond acceptors (Lipinski definition) is 7. The predicted molar refractivity (Wildman–Crippen MR) is 125 cm³/mol. The Kier molecular flexibility index (Phi) is 6.30. The highest BCUT2D eigenvalue weighted by molar-refractivity contribution is 7.92. The SMILES string of the molecule is Cc1cc(Cc2nccc(N(C)c3n[nH]c(C)c3C)n2)cc(S(=O)(=O)C2CCNCC2)c1. The van der Waals surface area contributed by atoms with E-state index in [1.54, 1.807) is 18.3 Å². The first-order valence-corrected chi connectivity index (χ1v) is 12.4. The van der Waals surface area contributed by atoms with Gasteiger partial charge in [-0.15, -0.1) is 0 Å². The van der Waals surface area contributed by atoms with Crippen molar-refractivity contribution in [3.05, 3.63) is 58.7 Å². The molecule has 0 aliphatic carbocycles. The van der Waals surface area contributed by atoms with E-state index in [0.717, 1.165) is 47.1 Å². The maximum atomic E-state index is 13.2. The lowest BCUT2D eigenvalue weighted by Gasteiger charge is -2.23. The molecular formula is C23H30N6O2S. The van der Waals surface area contributed by atoms with Crippen LogP contribution in [0.25, 0.3) is 0 Å². The molecule has 0 unspecified atom stereocenters. The summed E-state index contributed by atoms with van der Waals surface area (Å²) in [5, 5.41) is 10.3. The minimum atomic E-state index is -3.36. The zero-order valence-electron chi connectivity index (χ0n) is 19.0. The molecule has 32 heavy (non-hydrogen) atoms. The fourth-order valence-electron chi connectivity index (χ4n) is 4.14. The number of H-pyrrole nitrogens is 1. The van der Waals surface area contributed by atoms with Gasteiger partial charge in [0.15, 0.2) is 15.7 Å². The van der Waals surface area contributed by atoms with Gasteiger partial charge >= 0.3 is 0 Å². The molecule has 1 aliphatic heterocycles. The van der Waals surface area contributed by atoms with Gasteiger partial charge < -0.3 is 10.2 Å². The van der Waals surface area contributed by atoms with Crippen LogP contribution >= 0.6 is 0 Å². The van der Waals surface area contributed by atoms with Gasteiger partial charge in [-0.1, -0.05) is 6.07 Å². The molecule has 1 aromatic carbocycles. The molecule has 4 rings (SSSR count). The third kappa shape index (κ3) is 4.54. The number of nitrogens with one attached hydrogen (secondary N) is 2. The average molecular weight is 455 g/mol. The van der Waals surface area contributed by atoms with Crippen LogP contribution in [0.15, 0.2) is 35.4 Å². The summed E-state index contributed by atoms with van der Waals surface area (Å²) in [6.07, 6.45) is 3.48. The van der Waals surface area contributed by atoms with Gasteiger partial charge in [-0.2, -0.15) is 5.10 Å². The van der Waals surface area contributed by atoms with E-state index in [2.05, 4.69) is 20.5 Å². The summed E-state index contributed by atoms with van der Waals surface area (Å²) in [4.78, 5) is 11.5. The van der Waals surface area contributed by atoms with Gasteiger partial charge in [0.25, 0.3) is 0 Å².